The van der Waals surface area contributed by atoms with Crippen molar-refractivity contribution < 1.29 is 14.4 Å². The molecule has 0 radical (unpaired) electrons. The van der Waals surface area contributed by atoms with Gasteiger partial charge >= 0.3 is 0 Å². The number of rotatable bonds is 1. The van der Waals surface area contributed by atoms with E-state index in [1.807, 2.05) is 18.2 Å². The van der Waals surface area contributed by atoms with Gasteiger partial charge in [-0.05, 0) is 30.7 Å². The zero-order chi connectivity index (χ0) is 18.1. The highest BCUT2D eigenvalue weighted by molar-refractivity contribution is 5.83. The Morgan fingerprint density at radius 2 is 1.76 bits per heavy atom. The van der Waals surface area contributed by atoms with Gasteiger partial charge < -0.3 is 15.5 Å². The van der Waals surface area contributed by atoms with E-state index in [1.54, 1.807) is 0 Å². The molecule has 0 bridgehead atoms. The zero-order valence-corrected chi connectivity index (χ0v) is 14.8. The number of nitrogens with one attached hydrogen (secondary N) is 2. The van der Waals surface area contributed by atoms with E-state index in [4.69, 9.17) is 0 Å². The van der Waals surface area contributed by atoms with Crippen LogP contribution in [0.15, 0.2) is 30.3 Å². The van der Waals surface area contributed by atoms with Crippen molar-refractivity contribution in [1.29, 1.82) is 0 Å². The SMILES string of the molecule is CC(=O)N1CCCNC(=O)CCC(c2ccccc2)CCNC(=O)C1. The Bertz CT molecular complexity index is 589. The summed E-state index contributed by atoms with van der Waals surface area (Å²) in [5.41, 5.74) is 1.18. The molecule has 0 aliphatic carbocycles. The quantitative estimate of drug-likeness (QED) is 0.808. The van der Waals surface area contributed by atoms with Crippen LogP contribution < -0.4 is 10.6 Å². The summed E-state index contributed by atoms with van der Waals surface area (Å²) in [6.45, 7) is 3.04. The number of nitrogens with zero attached hydrogens (tertiary/aromatic N) is 1. The van der Waals surface area contributed by atoms with Gasteiger partial charge in [-0.1, -0.05) is 30.3 Å². The Morgan fingerprint density at radius 1 is 1.04 bits per heavy atom. The summed E-state index contributed by atoms with van der Waals surface area (Å²) in [7, 11) is 0. The number of benzene rings is 1. The summed E-state index contributed by atoms with van der Waals surface area (Å²) in [5, 5.41) is 5.80. The van der Waals surface area contributed by atoms with Crippen molar-refractivity contribution in [3.05, 3.63) is 35.9 Å². The van der Waals surface area contributed by atoms with Crippen LogP contribution in [-0.2, 0) is 14.4 Å². The summed E-state index contributed by atoms with van der Waals surface area (Å²) >= 11 is 0. The molecule has 3 amide bonds. The van der Waals surface area contributed by atoms with Crippen molar-refractivity contribution >= 4 is 17.7 Å². The van der Waals surface area contributed by atoms with E-state index >= 15 is 0 Å². The van der Waals surface area contributed by atoms with Gasteiger partial charge in [-0.3, -0.25) is 14.4 Å². The molecule has 0 saturated carbocycles. The standard InChI is InChI=1S/C19H27N3O3/c1-15(23)22-13-5-11-20-18(24)9-8-17(10-12-21-19(25)14-22)16-6-3-2-4-7-16/h2-4,6-7,17H,5,8-14H2,1H3,(H,20,24)(H,21,25). The first kappa shape index (κ1) is 19.0. The van der Waals surface area contributed by atoms with Crippen molar-refractivity contribution in [3.63, 3.8) is 0 Å². The number of carbonyl (C=O) groups excluding carboxylic acids is 3. The second-order valence-corrected chi connectivity index (χ2v) is 6.43. The van der Waals surface area contributed by atoms with Crippen molar-refractivity contribution in [2.45, 2.75) is 38.5 Å². The molecule has 1 heterocycles. The lowest BCUT2D eigenvalue weighted by Crippen LogP contribution is -2.41. The van der Waals surface area contributed by atoms with E-state index in [2.05, 4.69) is 22.8 Å². The van der Waals surface area contributed by atoms with Crippen LogP contribution in [0, 0.1) is 0 Å². The van der Waals surface area contributed by atoms with Gasteiger partial charge in [0.1, 0.15) is 0 Å². The Kier molecular flexibility index (Phi) is 7.44. The molecule has 2 rings (SSSR count). The smallest absolute Gasteiger partial charge is 0.239 e. The van der Waals surface area contributed by atoms with Gasteiger partial charge in [-0.25, -0.2) is 0 Å². The number of hydrogen-bond donors (Lipinski definition) is 2. The van der Waals surface area contributed by atoms with Crippen LogP contribution in [0.3, 0.4) is 0 Å². The van der Waals surface area contributed by atoms with Crippen molar-refractivity contribution in [2.24, 2.45) is 0 Å². The van der Waals surface area contributed by atoms with Gasteiger partial charge in [-0.2, -0.15) is 0 Å². The molecule has 6 nitrogen and oxygen atoms in total. The highest BCUT2D eigenvalue weighted by atomic mass is 16.2. The van der Waals surface area contributed by atoms with Gasteiger partial charge in [-0.15, -0.1) is 0 Å². The lowest BCUT2D eigenvalue weighted by atomic mass is 9.91. The average Bonchev–Trinajstić information content (AvgIpc) is 2.60. The normalized spacial score (nSPS) is 21.0. The summed E-state index contributed by atoms with van der Waals surface area (Å²) < 4.78 is 0. The van der Waals surface area contributed by atoms with Crippen LogP contribution in [-0.4, -0.2) is 48.8 Å². The number of amides is 3. The van der Waals surface area contributed by atoms with E-state index < -0.39 is 0 Å². The monoisotopic (exact) mass is 345 g/mol. The summed E-state index contributed by atoms with van der Waals surface area (Å²) in [4.78, 5) is 37.3. The summed E-state index contributed by atoms with van der Waals surface area (Å²) in [6, 6.07) is 10.1. The first-order chi connectivity index (χ1) is 12.1. The molecule has 1 aliphatic rings. The molecule has 6 heteroatoms. The Hall–Kier alpha value is -2.37. The minimum absolute atomic E-state index is 0.0383. The molecule has 1 atom stereocenters. The van der Waals surface area contributed by atoms with Gasteiger partial charge in [0.2, 0.25) is 17.7 Å². The molecule has 1 aliphatic heterocycles. The maximum atomic E-state index is 12.1. The van der Waals surface area contributed by atoms with Crippen molar-refractivity contribution in [2.75, 3.05) is 26.2 Å². The Balaban J connectivity index is 2.03. The Labute approximate surface area is 149 Å². The van der Waals surface area contributed by atoms with Crippen LogP contribution >= 0.6 is 0 Å². The molecule has 1 aromatic rings. The van der Waals surface area contributed by atoms with Gasteiger partial charge in [0.25, 0.3) is 0 Å². The third kappa shape index (κ3) is 6.57. The fraction of sp³-hybridized carbons (Fsp3) is 0.526. The van der Waals surface area contributed by atoms with Crippen LogP contribution in [0.25, 0.3) is 0 Å². The lowest BCUT2D eigenvalue weighted by Gasteiger charge is -2.22. The number of hydrogen-bond acceptors (Lipinski definition) is 3. The van der Waals surface area contributed by atoms with Gasteiger partial charge in [0.05, 0.1) is 6.54 Å². The molecule has 0 aromatic heterocycles. The predicted octanol–water partition coefficient (Wildman–Crippen LogP) is 1.43. The summed E-state index contributed by atoms with van der Waals surface area (Å²) in [6.07, 6.45) is 2.62. The highest BCUT2D eigenvalue weighted by Gasteiger charge is 2.17. The maximum Gasteiger partial charge on any atom is 0.239 e. The number of carbonyl (C=O) groups is 3. The van der Waals surface area contributed by atoms with Crippen LogP contribution in [0.1, 0.15) is 44.1 Å². The zero-order valence-electron chi connectivity index (χ0n) is 14.8. The van der Waals surface area contributed by atoms with E-state index in [9.17, 15) is 14.4 Å². The molecular weight excluding hydrogens is 318 g/mol. The topological polar surface area (TPSA) is 78.5 Å². The second-order valence-electron chi connectivity index (χ2n) is 6.43. The van der Waals surface area contributed by atoms with Gasteiger partial charge in [0, 0.05) is 33.0 Å². The van der Waals surface area contributed by atoms with E-state index in [-0.39, 0.29) is 30.2 Å². The highest BCUT2D eigenvalue weighted by Crippen LogP contribution is 2.24. The minimum atomic E-state index is -0.136. The van der Waals surface area contributed by atoms with E-state index in [0.29, 0.717) is 32.5 Å². The predicted molar refractivity (Wildman–Crippen MR) is 95.9 cm³/mol. The molecule has 1 fully saturated rings. The summed E-state index contributed by atoms with van der Waals surface area (Å²) in [5.74, 6) is -0.00524. The van der Waals surface area contributed by atoms with Crippen LogP contribution in [0.5, 0.6) is 0 Å². The molecule has 0 spiro atoms. The van der Waals surface area contributed by atoms with Crippen LogP contribution in [0.4, 0.5) is 0 Å². The fourth-order valence-corrected chi connectivity index (χ4v) is 3.06. The second kappa shape index (κ2) is 9.81. The largest absolute Gasteiger partial charge is 0.356 e. The first-order valence-electron chi connectivity index (χ1n) is 8.90. The minimum Gasteiger partial charge on any atom is -0.356 e. The van der Waals surface area contributed by atoms with Gasteiger partial charge in [0.15, 0.2) is 0 Å². The average molecular weight is 345 g/mol. The molecular formula is C19H27N3O3. The van der Waals surface area contributed by atoms with Crippen molar-refractivity contribution in [1.82, 2.24) is 15.5 Å². The van der Waals surface area contributed by atoms with E-state index in [0.717, 1.165) is 12.8 Å². The molecule has 25 heavy (non-hydrogen) atoms. The van der Waals surface area contributed by atoms with Crippen molar-refractivity contribution in [3.8, 4) is 0 Å². The van der Waals surface area contributed by atoms with E-state index in [1.165, 1.54) is 17.4 Å². The third-order valence-corrected chi connectivity index (χ3v) is 4.51. The maximum absolute atomic E-state index is 12.1. The molecule has 1 saturated heterocycles. The Morgan fingerprint density at radius 3 is 2.48 bits per heavy atom. The fourth-order valence-electron chi connectivity index (χ4n) is 3.06. The lowest BCUT2D eigenvalue weighted by molar-refractivity contribution is -0.134. The third-order valence-electron chi connectivity index (χ3n) is 4.51. The molecule has 1 unspecified atom stereocenters. The van der Waals surface area contributed by atoms with Crippen LogP contribution in [0.2, 0.25) is 0 Å². The first-order valence-corrected chi connectivity index (χ1v) is 8.90. The molecule has 2 N–H and O–H groups in total. The molecule has 136 valence electrons. The molecule has 1 aromatic carbocycles.